The zero-order chi connectivity index (χ0) is 17.1. The van der Waals surface area contributed by atoms with Gasteiger partial charge in [0.05, 0.1) is 5.69 Å². The van der Waals surface area contributed by atoms with Crippen molar-refractivity contribution in [2.75, 3.05) is 19.0 Å². The van der Waals surface area contributed by atoms with Crippen molar-refractivity contribution in [3.63, 3.8) is 0 Å². The molecule has 0 N–H and O–H groups in total. The van der Waals surface area contributed by atoms with Crippen LogP contribution in [0.4, 0.5) is 19.1 Å². The highest BCUT2D eigenvalue weighted by Gasteiger charge is 2.38. The Morgan fingerprint density at radius 1 is 1.08 bits per heavy atom. The molecule has 0 aliphatic heterocycles. The Morgan fingerprint density at radius 3 is 2.29 bits per heavy atom. The summed E-state index contributed by atoms with van der Waals surface area (Å²) >= 11 is 0. The first kappa shape index (κ1) is 15.5. The summed E-state index contributed by atoms with van der Waals surface area (Å²) in [6, 6.07) is 6.09. The largest absolute Gasteiger partial charge is 0.453 e. The molecule has 1 aromatic carbocycles. The van der Waals surface area contributed by atoms with Gasteiger partial charge in [-0.25, -0.2) is 0 Å². The SMILES string of the molecule is CN(C)c1nc(C(F)(F)F)nn1-c1ccc(C2CC2)cc1C1CC1. The molecule has 2 saturated carbocycles. The number of rotatable bonds is 4. The third-order valence-corrected chi connectivity index (χ3v) is 4.59. The fourth-order valence-corrected chi connectivity index (χ4v) is 3.03. The first-order valence-corrected chi connectivity index (χ1v) is 8.20. The number of aromatic nitrogens is 3. The highest BCUT2D eigenvalue weighted by Crippen LogP contribution is 2.47. The van der Waals surface area contributed by atoms with Gasteiger partial charge in [0.2, 0.25) is 5.95 Å². The molecule has 0 radical (unpaired) electrons. The van der Waals surface area contributed by atoms with E-state index >= 15 is 0 Å². The smallest absolute Gasteiger partial charge is 0.347 e. The first-order chi connectivity index (χ1) is 11.3. The number of alkyl halides is 3. The van der Waals surface area contributed by atoms with Crippen LogP contribution in [0.2, 0.25) is 0 Å². The highest BCUT2D eigenvalue weighted by atomic mass is 19.4. The van der Waals surface area contributed by atoms with Crippen molar-refractivity contribution < 1.29 is 13.2 Å². The maximum absolute atomic E-state index is 13.1. The monoisotopic (exact) mass is 336 g/mol. The summed E-state index contributed by atoms with van der Waals surface area (Å²) in [4.78, 5) is 5.26. The molecule has 2 aliphatic carbocycles. The molecule has 2 aromatic rings. The van der Waals surface area contributed by atoms with Crippen molar-refractivity contribution >= 4 is 5.95 Å². The van der Waals surface area contributed by atoms with Crippen molar-refractivity contribution in [3.05, 3.63) is 35.2 Å². The van der Waals surface area contributed by atoms with Crippen LogP contribution in [0.25, 0.3) is 5.69 Å². The van der Waals surface area contributed by atoms with Gasteiger partial charge in [0.1, 0.15) is 0 Å². The Labute approximate surface area is 138 Å². The lowest BCUT2D eigenvalue weighted by molar-refractivity contribution is -0.144. The molecule has 0 unspecified atom stereocenters. The van der Waals surface area contributed by atoms with Gasteiger partial charge in [0.25, 0.3) is 5.82 Å². The van der Waals surface area contributed by atoms with Crippen LogP contribution in [0, 0.1) is 0 Å². The summed E-state index contributed by atoms with van der Waals surface area (Å²) in [5, 5.41) is 3.77. The Morgan fingerprint density at radius 2 is 1.75 bits per heavy atom. The van der Waals surface area contributed by atoms with Gasteiger partial charge in [0.15, 0.2) is 0 Å². The van der Waals surface area contributed by atoms with E-state index in [4.69, 9.17) is 0 Å². The van der Waals surface area contributed by atoms with Crippen LogP contribution < -0.4 is 4.90 Å². The standard InChI is InChI=1S/C17H19F3N4/c1-23(2)16-21-15(17(18,19)20)22-24(16)14-8-7-12(10-3-4-10)9-13(14)11-5-6-11/h7-11H,3-6H2,1-2H3. The average molecular weight is 336 g/mol. The fourth-order valence-electron chi connectivity index (χ4n) is 3.03. The summed E-state index contributed by atoms with van der Waals surface area (Å²) in [5.41, 5.74) is 3.11. The van der Waals surface area contributed by atoms with Gasteiger partial charge in [-0.15, -0.1) is 5.10 Å². The quantitative estimate of drug-likeness (QED) is 0.843. The minimum absolute atomic E-state index is 0.198. The average Bonchev–Trinajstić information content (AvgIpc) is 3.42. The van der Waals surface area contributed by atoms with E-state index in [1.165, 1.54) is 23.1 Å². The molecule has 0 amide bonds. The van der Waals surface area contributed by atoms with Gasteiger partial charge in [-0.1, -0.05) is 12.1 Å². The van der Waals surface area contributed by atoms with E-state index in [0.717, 1.165) is 18.4 Å². The molecule has 1 aromatic heterocycles. The van der Waals surface area contributed by atoms with Crippen LogP contribution in [-0.4, -0.2) is 28.9 Å². The van der Waals surface area contributed by atoms with Gasteiger partial charge in [-0.2, -0.15) is 22.8 Å². The molecule has 0 bridgehead atoms. The number of benzene rings is 1. The summed E-state index contributed by atoms with van der Waals surface area (Å²) in [5.74, 6) is 0.140. The second kappa shape index (κ2) is 5.22. The summed E-state index contributed by atoms with van der Waals surface area (Å²) in [6.45, 7) is 0. The van der Waals surface area contributed by atoms with Crippen molar-refractivity contribution in [1.82, 2.24) is 14.8 Å². The van der Waals surface area contributed by atoms with Crippen molar-refractivity contribution in [3.8, 4) is 5.69 Å². The van der Waals surface area contributed by atoms with Gasteiger partial charge < -0.3 is 4.90 Å². The number of hydrogen-bond acceptors (Lipinski definition) is 3. The number of nitrogens with zero attached hydrogens (tertiary/aromatic N) is 4. The summed E-state index contributed by atoms with van der Waals surface area (Å²) < 4.78 is 40.5. The zero-order valence-electron chi connectivity index (χ0n) is 13.6. The van der Waals surface area contributed by atoms with Crippen LogP contribution in [-0.2, 0) is 6.18 Å². The molecule has 4 rings (SSSR count). The predicted molar refractivity (Wildman–Crippen MR) is 84.6 cm³/mol. The lowest BCUT2D eigenvalue weighted by atomic mass is 10.0. The molecule has 4 nitrogen and oxygen atoms in total. The molecular formula is C17H19F3N4. The Balaban J connectivity index is 1.84. The lowest BCUT2D eigenvalue weighted by Gasteiger charge is -2.16. The molecule has 1 heterocycles. The normalized spacial score (nSPS) is 18.0. The van der Waals surface area contributed by atoms with Crippen LogP contribution in [0.15, 0.2) is 18.2 Å². The predicted octanol–water partition coefficient (Wildman–Crippen LogP) is 4.11. The second-order valence-electron chi connectivity index (χ2n) is 6.91. The molecule has 7 heteroatoms. The molecule has 2 aliphatic rings. The first-order valence-electron chi connectivity index (χ1n) is 8.20. The topological polar surface area (TPSA) is 34.0 Å². The van der Waals surface area contributed by atoms with E-state index in [2.05, 4.69) is 16.1 Å². The Hall–Kier alpha value is -2.05. The van der Waals surface area contributed by atoms with Gasteiger partial charge >= 0.3 is 6.18 Å². The molecule has 0 saturated heterocycles. The number of anilines is 1. The van der Waals surface area contributed by atoms with Crippen LogP contribution in [0.3, 0.4) is 0 Å². The van der Waals surface area contributed by atoms with E-state index in [-0.39, 0.29) is 5.95 Å². The van der Waals surface area contributed by atoms with Gasteiger partial charge in [0, 0.05) is 14.1 Å². The van der Waals surface area contributed by atoms with Crippen LogP contribution in [0.5, 0.6) is 0 Å². The third kappa shape index (κ3) is 2.76. The lowest BCUT2D eigenvalue weighted by Crippen LogP contribution is -2.16. The Kier molecular flexibility index (Phi) is 3.37. The fraction of sp³-hybridized carbons (Fsp3) is 0.529. The maximum atomic E-state index is 13.1. The number of halogens is 3. The molecule has 0 spiro atoms. The molecule has 128 valence electrons. The van der Waals surface area contributed by atoms with Crippen LogP contribution >= 0.6 is 0 Å². The summed E-state index contributed by atoms with van der Waals surface area (Å²) in [6.07, 6.45) is 0.0179. The second-order valence-corrected chi connectivity index (χ2v) is 6.91. The van der Waals surface area contributed by atoms with Crippen molar-refractivity contribution in [2.45, 2.75) is 43.7 Å². The minimum atomic E-state index is -4.55. The van der Waals surface area contributed by atoms with E-state index in [9.17, 15) is 13.2 Å². The zero-order valence-corrected chi connectivity index (χ0v) is 13.6. The number of hydrogen-bond donors (Lipinski definition) is 0. The molecular weight excluding hydrogens is 317 g/mol. The summed E-state index contributed by atoms with van der Waals surface area (Å²) in [7, 11) is 3.35. The van der Waals surface area contributed by atoms with Gasteiger partial charge in [-0.3, -0.25) is 0 Å². The van der Waals surface area contributed by atoms with Gasteiger partial charge in [-0.05, 0) is 54.7 Å². The van der Waals surface area contributed by atoms with E-state index in [1.807, 2.05) is 12.1 Å². The Bertz CT molecular complexity index is 771. The highest BCUT2D eigenvalue weighted by molar-refractivity contribution is 5.52. The maximum Gasteiger partial charge on any atom is 0.453 e. The van der Waals surface area contributed by atoms with Crippen LogP contribution in [0.1, 0.15) is 54.5 Å². The van der Waals surface area contributed by atoms with E-state index in [0.29, 0.717) is 17.5 Å². The van der Waals surface area contributed by atoms with E-state index < -0.39 is 12.0 Å². The third-order valence-electron chi connectivity index (χ3n) is 4.59. The molecule has 0 atom stereocenters. The molecule has 24 heavy (non-hydrogen) atoms. The van der Waals surface area contributed by atoms with Crippen molar-refractivity contribution in [2.24, 2.45) is 0 Å². The minimum Gasteiger partial charge on any atom is -0.347 e. The molecule has 2 fully saturated rings. The van der Waals surface area contributed by atoms with Crippen molar-refractivity contribution in [1.29, 1.82) is 0 Å². The van der Waals surface area contributed by atoms with E-state index in [1.54, 1.807) is 19.0 Å².